The van der Waals surface area contributed by atoms with Crippen LogP contribution in [0.4, 0.5) is 0 Å². The highest BCUT2D eigenvalue weighted by Gasteiger charge is 2.27. The van der Waals surface area contributed by atoms with Crippen molar-refractivity contribution >= 4 is 0 Å². The third kappa shape index (κ3) is 2.47. The van der Waals surface area contributed by atoms with Gasteiger partial charge in [-0.1, -0.05) is 0 Å². The second-order valence-corrected chi connectivity index (χ2v) is 4.85. The molecule has 4 atom stereocenters. The van der Waals surface area contributed by atoms with E-state index in [-0.39, 0.29) is 0 Å². The highest BCUT2D eigenvalue weighted by Crippen LogP contribution is 2.21. The van der Waals surface area contributed by atoms with Gasteiger partial charge in [0.1, 0.15) is 0 Å². The molecule has 0 aromatic rings. The number of hydrogen-bond donors (Lipinski definition) is 2. The monoisotopic (exact) mass is 198 g/mol. The van der Waals surface area contributed by atoms with Gasteiger partial charge in [0.2, 0.25) is 0 Å². The van der Waals surface area contributed by atoms with Crippen LogP contribution in [0.1, 0.15) is 32.6 Å². The van der Waals surface area contributed by atoms with Crippen LogP contribution in [0, 0.1) is 5.92 Å². The summed E-state index contributed by atoms with van der Waals surface area (Å²) in [5.41, 5.74) is 5.89. The lowest BCUT2D eigenvalue weighted by atomic mass is 9.99. The predicted octanol–water partition coefficient (Wildman–Crippen LogP) is 0.881. The molecule has 2 rings (SSSR count). The van der Waals surface area contributed by atoms with Crippen molar-refractivity contribution < 1.29 is 4.74 Å². The lowest BCUT2D eigenvalue weighted by molar-refractivity contribution is 0.176. The zero-order chi connectivity index (χ0) is 9.97. The van der Waals surface area contributed by atoms with Crippen molar-refractivity contribution in [3.63, 3.8) is 0 Å². The quantitative estimate of drug-likeness (QED) is 0.707. The minimum atomic E-state index is 0.430. The van der Waals surface area contributed by atoms with Crippen molar-refractivity contribution in [1.29, 1.82) is 0 Å². The van der Waals surface area contributed by atoms with Crippen LogP contribution in [0.3, 0.4) is 0 Å². The van der Waals surface area contributed by atoms with Crippen LogP contribution in [-0.2, 0) is 4.74 Å². The van der Waals surface area contributed by atoms with E-state index < -0.39 is 0 Å². The minimum Gasteiger partial charge on any atom is -0.381 e. The van der Waals surface area contributed by atoms with E-state index in [2.05, 4.69) is 12.2 Å². The van der Waals surface area contributed by atoms with Gasteiger partial charge in [-0.05, 0) is 38.5 Å². The summed E-state index contributed by atoms with van der Waals surface area (Å²) >= 11 is 0. The first-order valence-electron chi connectivity index (χ1n) is 5.85. The van der Waals surface area contributed by atoms with Gasteiger partial charge in [0, 0.05) is 24.7 Å². The number of ether oxygens (including phenoxy) is 1. The summed E-state index contributed by atoms with van der Waals surface area (Å²) in [4.78, 5) is 0. The van der Waals surface area contributed by atoms with Gasteiger partial charge >= 0.3 is 0 Å². The van der Waals surface area contributed by atoms with E-state index >= 15 is 0 Å². The fourth-order valence-corrected chi connectivity index (χ4v) is 2.62. The molecule has 1 aliphatic carbocycles. The van der Waals surface area contributed by atoms with Gasteiger partial charge in [-0.3, -0.25) is 0 Å². The maximum atomic E-state index is 5.89. The number of nitrogens with one attached hydrogen (secondary N) is 1. The van der Waals surface area contributed by atoms with E-state index in [0.717, 1.165) is 19.6 Å². The summed E-state index contributed by atoms with van der Waals surface area (Å²) in [5, 5.41) is 3.69. The molecule has 2 fully saturated rings. The zero-order valence-electron chi connectivity index (χ0n) is 9.04. The summed E-state index contributed by atoms with van der Waals surface area (Å²) < 4.78 is 5.40. The standard InChI is InChI=1S/C11H22N2O/c1-8(9-4-5-14-7-9)13-11-3-2-10(12)6-11/h8-11,13H,2-7,12H2,1H3. The molecule has 82 valence electrons. The summed E-state index contributed by atoms with van der Waals surface area (Å²) in [5.74, 6) is 0.715. The van der Waals surface area contributed by atoms with Crippen LogP contribution < -0.4 is 11.1 Å². The van der Waals surface area contributed by atoms with Crippen LogP contribution >= 0.6 is 0 Å². The molecule has 0 bridgehead atoms. The maximum absolute atomic E-state index is 5.89. The molecule has 1 saturated carbocycles. The minimum absolute atomic E-state index is 0.430. The molecule has 0 radical (unpaired) electrons. The van der Waals surface area contributed by atoms with Crippen LogP contribution in [0.15, 0.2) is 0 Å². The Balaban J connectivity index is 1.73. The molecule has 3 nitrogen and oxygen atoms in total. The Labute approximate surface area is 86.4 Å². The van der Waals surface area contributed by atoms with Crippen LogP contribution in [0.25, 0.3) is 0 Å². The second kappa shape index (κ2) is 4.60. The van der Waals surface area contributed by atoms with Crippen molar-refractivity contribution in [1.82, 2.24) is 5.32 Å². The summed E-state index contributed by atoms with van der Waals surface area (Å²) in [6, 6.07) is 1.67. The van der Waals surface area contributed by atoms with Crippen LogP contribution in [-0.4, -0.2) is 31.3 Å². The number of hydrogen-bond acceptors (Lipinski definition) is 3. The number of rotatable bonds is 3. The second-order valence-electron chi connectivity index (χ2n) is 4.85. The van der Waals surface area contributed by atoms with Crippen LogP contribution in [0.2, 0.25) is 0 Å². The molecular formula is C11H22N2O. The van der Waals surface area contributed by atoms with Crippen molar-refractivity contribution in [3.8, 4) is 0 Å². The topological polar surface area (TPSA) is 47.3 Å². The molecule has 1 heterocycles. The molecule has 1 aliphatic heterocycles. The summed E-state index contributed by atoms with van der Waals surface area (Å²) in [7, 11) is 0. The first-order chi connectivity index (χ1) is 6.75. The molecular weight excluding hydrogens is 176 g/mol. The lowest BCUT2D eigenvalue weighted by Gasteiger charge is -2.23. The zero-order valence-corrected chi connectivity index (χ0v) is 9.04. The molecule has 0 amide bonds. The highest BCUT2D eigenvalue weighted by molar-refractivity contribution is 4.86. The van der Waals surface area contributed by atoms with Crippen molar-refractivity contribution in [2.45, 2.75) is 50.7 Å². The first kappa shape index (κ1) is 10.4. The number of nitrogens with two attached hydrogens (primary N) is 1. The fourth-order valence-electron chi connectivity index (χ4n) is 2.62. The Morgan fingerprint density at radius 1 is 1.36 bits per heavy atom. The summed E-state index contributed by atoms with van der Waals surface area (Å²) in [6.45, 7) is 4.16. The van der Waals surface area contributed by atoms with E-state index in [1.807, 2.05) is 0 Å². The van der Waals surface area contributed by atoms with Gasteiger partial charge in [-0.15, -0.1) is 0 Å². The molecule has 0 aromatic carbocycles. The smallest absolute Gasteiger partial charge is 0.0509 e. The Morgan fingerprint density at radius 2 is 2.21 bits per heavy atom. The van der Waals surface area contributed by atoms with Gasteiger partial charge in [0.25, 0.3) is 0 Å². The first-order valence-corrected chi connectivity index (χ1v) is 5.85. The molecule has 0 aromatic heterocycles. The molecule has 14 heavy (non-hydrogen) atoms. The molecule has 3 heteroatoms. The Bertz CT molecular complexity index is 180. The summed E-state index contributed by atoms with van der Waals surface area (Å²) in [6.07, 6.45) is 4.80. The Kier molecular flexibility index (Phi) is 3.42. The van der Waals surface area contributed by atoms with Gasteiger partial charge in [0.15, 0.2) is 0 Å². The van der Waals surface area contributed by atoms with E-state index in [1.165, 1.54) is 19.3 Å². The van der Waals surface area contributed by atoms with Crippen molar-refractivity contribution in [2.75, 3.05) is 13.2 Å². The van der Waals surface area contributed by atoms with E-state index in [0.29, 0.717) is 24.0 Å². The molecule has 4 unspecified atom stereocenters. The average molecular weight is 198 g/mol. The highest BCUT2D eigenvalue weighted by atomic mass is 16.5. The van der Waals surface area contributed by atoms with Crippen molar-refractivity contribution in [2.24, 2.45) is 11.7 Å². The van der Waals surface area contributed by atoms with E-state index in [1.54, 1.807) is 0 Å². The average Bonchev–Trinajstić information content (AvgIpc) is 2.75. The van der Waals surface area contributed by atoms with Crippen LogP contribution in [0.5, 0.6) is 0 Å². The third-order valence-corrected chi connectivity index (χ3v) is 3.64. The molecule has 0 spiro atoms. The Morgan fingerprint density at radius 3 is 2.79 bits per heavy atom. The lowest BCUT2D eigenvalue weighted by Crippen LogP contribution is -2.40. The maximum Gasteiger partial charge on any atom is 0.0509 e. The van der Waals surface area contributed by atoms with Gasteiger partial charge in [-0.25, -0.2) is 0 Å². The third-order valence-electron chi connectivity index (χ3n) is 3.64. The Hall–Kier alpha value is -0.120. The molecule has 2 aliphatic rings. The van der Waals surface area contributed by atoms with Gasteiger partial charge < -0.3 is 15.8 Å². The van der Waals surface area contributed by atoms with E-state index in [9.17, 15) is 0 Å². The predicted molar refractivity (Wildman–Crippen MR) is 57.1 cm³/mol. The van der Waals surface area contributed by atoms with E-state index in [4.69, 9.17) is 10.5 Å². The normalized spacial score (nSPS) is 40.3. The molecule has 1 saturated heterocycles. The van der Waals surface area contributed by atoms with Gasteiger partial charge in [-0.2, -0.15) is 0 Å². The largest absolute Gasteiger partial charge is 0.381 e. The SMILES string of the molecule is CC(NC1CCC(N)C1)C1CCOC1. The van der Waals surface area contributed by atoms with Gasteiger partial charge in [0.05, 0.1) is 6.61 Å². The van der Waals surface area contributed by atoms with Crippen molar-refractivity contribution in [3.05, 3.63) is 0 Å². The fraction of sp³-hybridized carbons (Fsp3) is 1.00. The molecule has 3 N–H and O–H groups in total.